The summed E-state index contributed by atoms with van der Waals surface area (Å²) in [6.45, 7) is 1.93. The molecule has 0 saturated carbocycles. The maximum atomic E-state index is 12.4. The van der Waals surface area contributed by atoms with Crippen molar-refractivity contribution >= 4 is 35.5 Å². The lowest BCUT2D eigenvalue weighted by Gasteiger charge is -2.08. The molecular weight excluding hydrogens is 416 g/mol. The van der Waals surface area contributed by atoms with Crippen molar-refractivity contribution in [3.8, 4) is 5.75 Å². The van der Waals surface area contributed by atoms with E-state index in [1.807, 2.05) is 19.1 Å². The second-order valence-corrected chi connectivity index (χ2v) is 7.01. The second kappa shape index (κ2) is 10.2. The van der Waals surface area contributed by atoms with Crippen molar-refractivity contribution in [3.05, 3.63) is 106 Å². The maximum absolute atomic E-state index is 12.4. The number of rotatable bonds is 5. The standard InChI is InChI=1S/C24H19ClN2O4/c1-16-6-8-19(9-7-16)24(30)31-21-5-3-2-4-17(21)12-15-22(28)26-27-23(29)18-10-13-20(25)14-11-18/h2-15H,1H3,(H,26,28)(H,27,29)/b15-12+. The highest BCUT2D eigenvalue weighted by atomic mass is 35.5. The molecule has 2 amide bonds. The lowest BCUT2D eigenvalue weighted by Crippen LogP contribution is -2.40. The Hall–Kier alpha value is -3.90. The average molecular weight is 435 g/mol. The Kier molecular flexibility index (Phi) is 7.19. The first-order valence-corrected chi connectivity index (χ1v) is 9.72. The molecule has 0 atom stereocenters. The molecule has 0 radical (unpaired) electrons. The highest BCUT2D eigenvalue weighted by Gasteiger charge is 2.11. The van der Waals surface area contributed by atoms with Gasteiger partial charge in [0.15, 0.2) is 0 Å². The van der Waals surface area contributed by atoms with Crippen LogP contribution in [0.4, 0.5) is 0 Å². The molecule has 0 unspecified atom stereocenters. The van der Waals surface area contributed by atoms with E-state index in [9.17, 15) is 14.4 Å². The molecule has 3 rings (SSSR count). The smallest absolute Gasteiger partial charge is 0.343 e. The van der Waals surface area contributed by atoms with Crippen molar-refractivity contribution in [2.75, 3.05) is 0 Å². The molecule has 0 aliphatic carbocycles. The SMILES string of the molecule is Cc1ccc(C(=O)Oc2ccccc2/C=C/C(=O)NNC(=O)c2ccc(Cl)cc2)cc1. The van der Waals surface area contributed by atoms with E-state index in [2.05, 4.69) is 10.9 Å². The minimum absolute atomic E-state index is 0.308. The summed E-state index contributed by atoms with van der Waals surface area (Å²) in [7, 11) is 0. The molecule has 3 aromatic carbocycles. The first-order chi connectivity index (χ1) is 14.9. The fraction of sp³-hybridized carbons (Fsp3) is 0.0417. The van der Waals surface area contributed by atoms with E-state index in [4.69, 9.17) is 16.3 Å². The predicted molar refractivity (Wildman–Crippen MR) is 119 cm³/mol. The summed E-state index contributed by atoms with van der Waals surface area (Å²) in [6, 6.07) is 20.1. The van der Waals surface area contributed by atoms with E-state index in [0.717, 1.165) is 5.56 Å². The summed E-state index contributed by atoms with van der Waals surface area (Å²) < 4.78 is 5.47. The molecule has 0 heterocycles. The van der Waals surface area contributed by atoms with E-state index in [1.54, 1.807) is 48.5 Å². The van der Waals surface area contributed by atoms with Gasteiger partial charge in [0, 0.05) is 22.2 Å². The third-order valence-corrected chi connectivity index (χ3v) is 4.48. The first-order valence-electron chi connectivity index (χ1n) is 9.34. The average Bonchev–Trinajstić information content (AvgIpc) is 2.77. The number of hydrazine groups is 1. The number of hydrogen-bond acceptors (Lipinski definition) is 4. The van der Waals surface area contributed by atoms with Crippen molar-refractivity contribution in [1.29, 1.82) is 0 Å². The van der Waals surface area contributed by atoms with Gasteiger partial charge in [0.2, 0.25) is 0 Å². The molecular formula is C24H19ClN2O4. The summed E-state index contributed by atoms with van der Waals surface area (Å²) in [5.74, 6) is -1.23. The Morgan fingerprint density at radius 3 is 2.19 bits per heavy atom. The van der Waals surface area contributed by atoms with E-state index >= 15 is 0 Å². The van der Waals surface area contributed by atoms with Gasteiger partial charge < -0.3 is 4.74 Å². The summed E-state index contributed by atoms with van der Waals surface area (Å²) in [5, 5.41) is 0.505. The van der Waals surface area contributed by atoms with Crippen LogP contribution < -0.4 is 15.6 Å². The van der Waals surface area contributed by atoms with Crippen LogP contribution in [0.2, 0.25) is 5.02 Å². The monoisotopic (exact) mass is 434 g/mol. The lowest BCUT2D eigenvalue weighted by molar-refractivity contribution is -0.117. The molecule has 156 valence electrons. The summed E-state index contributed by atoms with van der Waals surface area (Å²) in [5.41, 5.74) is 6.94. The largest absolute Gasteiger partial charge is 0.422 e. The molecule has 0 saturated heterocycles. The number of halogens is 1. The van der Waals surface area contributed by atoms with Crippen molar-refractivity contribution in [2.24, 2.45) is 0 Å². The Balaban J connectivity index is 1.60. The Morgan fingerprint density at radius 1 is 0.839 bits per heavy atom. The second-order valence-electron chi connectivity index (χ2n) is 6.58. The van der Waals surface area contributed by atoms with Crippen LogP contribution >= 0.6 is 11.6 Å². The third kappa shape index (κ3) is 6.29. The highest BCUT2D eigenvalue weighted by molar-refractivity contribution is 6.30. The van der Waals surface area contributed by atoms with Gasteiger partial charge >= 0.3 is 5.97 Å². The van der Waals surface area contributed by atoms with Crippen LogP contribution in [-0.4, -0.2) is 17.8 Å². The molecule has 0 aromatic heterocycles. The zero-order valence-corrected chi connectivity index (χ0v) is 17.3. The molecule has 3 aromatic rings. The molecule has 31 heavy (non-hydrogen) atoms. The van der Waals surface area contributed by atoms with E-state index in [-0.39, 0.29) is 0 Å². The number of hydrogen-bond donors (Lipinski definition) is 2. The van der Waals surface area contributed by atoms with Gasteiger partial charge in [0.1, 0.15) is 5.75 Å². The van der Waals surface area contributed by atoms with Crippen LogP contribution in [0.15, 0.2) is 78.9 Å². The molecule has 0 spiro atoms. The molecule has 7 heteroatoms. The topological polar surface area (TPSA) is 84.5 Å². The highest BCUT2D eigenvalue weighted by Crippen LogP contribution is 2.21. The van der Waals surface area contributed by atoms with Gasteiger partial charge in [-0.3, -0.25) is 20.4 Å². The number of nitrogens with one attached hydrogen (secondary N) is 2. The molecule has 0 aliphatic rings. The lowest BCUT2D eigenvalue weighted by atomic mass is 10.1. The summed E-state index contributed by atoms with van der Waals surface area (Å²) in [6.07, 6.45) is 2.71. The zero-order chi connectivity index (χ0) is 22.2. The Bertz CT molecular complexity index is 1120. The van der Waals surface area contributed by atoms with E-state index in [0.29, 0.717) is 27.5 Å². The van der Waals surface area contributed by atoms with Gasteiger partial charge in [-0.1, -0.05) is 47.5 Å². The number of benzene rings is 3. The van der Waals surface area contributed by atoms with Crippen molar-refractivity contribution in [3.63, 3.8) is 0 Å². The molecule has 0 bridgehead atoms. The molecule has 0 fully saturated rings. The number of aryl methyl sites for hydroxylation is 1. The first kappa shape index (κ1) is 21.8. The quantitative estimate of drug-likeness (QED) is 0.271. The number of carbonyl (C=O) groups is 3. The number of ether oxygens (including phenoxy) is 1. The summed E-state index contributed by atoms with van der Waals surface area (Å²) >= 11 is 5.79. The Morgan fingerprint density at radius 2 is 1.48 bits per heavy atom. The zero-order valence-electron chi connectivity index (χ0n) is 16.6. The van der Waals surface area contributed by atoms with Gasteiger partial charge in [-0.15, -0.1) is 0 Å². The van der Waals surface area contributed by atoms with Gasteiger partial charge in [0.05, 0.1) is 5.56 Å². The number of carbonyl (C=O) groups excluding carboxylic acids is 3. The maximum Gasteiger partial charge on any atom is 0.343 e. The van der Waals surface area contributed by atoms with Gasteiger partial charge in [-0.2, -0.15) is 0 Å². The number of amides is 2. The van der Waals surface area contributed by atoms with Crippen LogP contribution in [-0.2, 0) is 4.79 Å². The normalized spacial score (nSPS) is 10.5. The van der Waals surface area contributed by atoms with Crippen molar-refractivity contribution in [2.45, 2.75) is 6.92 Å². The van der Waals surface area contributed by atoms with Crippen molar-refractivity contribution in [1.82, 2.24) is 10.9 Å². The van der Waals surface area contributed by atoms with Gasteiger partial charge in [-0.05, 0) is 55.5 Å². The third-order valence-electron chi connectivity index (χ3n) is 4.23. The predicted octanol–water partition coefficient (Wildman–Crippen LogP) is 4.34. The fourth-order valence-corrected chi connectivity index (χ4v) is 2.68. The van der Waals surface area contributed by atoms with Gasteiger partial charge in [0.25, 0.3) is 11.8 Å². The number of esters is 1. The fourth-order valence-electron chi connectivity index (χ4n) is 2.56. The Labute approximate surface area is 184 Å². The van der Waals surface area contributed by atoms with Crippen LogP contribution in [0, 0.1) is 6.92 Å². The van der Waals surface area contributed by atoms with Crippen LogP contribution in [0.25, 0.3) is 6.08 Å². The molecule has 6 nitrogen and oxygen atoms in total. The molecule has 2 N–H and O–H groups in total. The number of para-hydroxylation sites is 1. The minimum atomic E-state index is -0.554. The summed E-state index contributed by atoms with van der Waals surface area (Å²) in [4.78, 5) is 36.4. The van der Waals surface area contributed by atoms with E-state index in [1.165, 1.54) is 24.3 Å². The van der Waals surface area contributed by atoms with Crippen LogP contribution in [0.1, 0.15) is 31.8 Å². The van der Waals surface area contributed by atoms with Gasteiger partial charge in [-0.25, -0.2) is 4.79 Å². The minimum Gasteiger partial charge on any atom is -0.422 e. The van der Waals surface area contributed by atoms with E-state index < -0.39 is 17.8 Å². The van der Waals surface area contributed by atoms with Crippen LogP contribution in [0.5, 0.6) is 5.75 Å². The van der Waals surface area contributed by atoms with Crippen LogP contribution in [0.3, 0.4) is 0 Å². The molecule has 0 aliphatic heterocycles. The van der Waals surface area contributed by atoms with Crippen molar-refractivity contribution < 1.29 is 19.1 Å².